The molecule has 0 spiro atoms. The van der Waals surface area contributed by atoms with Gasteiger partial charge in [0.15, 0.2) is 0 Å². The standard InChI is InChI=1S/C10H10N4O2/c1-2-8(15)12-10-14-13-9(16-10)7-4-3-5-11-6-7/h3-6H,2H2,1H3,(H,12,14,15). The van der Waals surface area contributed by atoms with Gasteiger partial charge in [-0.05, 0) is 12.1 Å². The normalized spacial score (nSPS) is 10.1. The van der Waals surface area contributed by atoms with Crippen LogP contribution in [0.2, 0.25) is 0 Å². The summed E-state index contributed by atoms with van der Waals surface area (Å²) in [5.74, 6) is 0.167. The maximum absolute atomic E-state index is 11.1. The Morgan fingerprint density at radius 3 is 3.06 bits per heavy atom. The SMILES string of the molecule is CCC(=O)Nc1nnc(-c2cccnc2)o1. The highest BCUT2D eigenvalue weighted by Crippen LogP contribution is 2.18. The van der Waals surface area contributed by atoms with Crippen molar-refractivity contribution in [2.75, 3.05) is 5.32 Å². The van der Waals surface area contributed by atoms with Gasteiger partial charge in [0.05, 0.1) is 5.56 Å². The first kappa shape index (κ1) is 10.3. The number of nitrogens with zero attached hydrogens (tertiary/aromatic N) is 3. The molecule has 2 heterocycles. The third kappa shape index (κ3) is 2.22. The Kier molecular flexibility index (Phi) is 2.90. The summed E-state index contributed by atoms with van der Waals surface area (Å²) in [4.78, 5) is 15.0. The van der Waals surface area contributed by atoms with E-state index in [0.29, 0.717) is 17.9 Å². The van der Waals surface area contributed by atoms with Crippen LogP contribution in [-0.4, -0.2) is 21.1 Å². The Bertz CT molecular complexity index is 481. The van der Waals surface area contributed by atoms with Crippen LogP contribution >= 0.6 is 0 Å². The van der Waals surface area contributed by atoms with Gasteiger partial charge in [-0.2, -0.15) is 0 Å². The lowest BCUT2D eigenvalue weighted by molar-refractivity contribution is -0.116. The van der Waals surface area contributed by atoms with Crippen molar-refractivity contribution in [3.05, 3.63) is 24.5 Å². The molecule has 82 valence electrons. The molecule has 2 aromatic heterocycles. The van der Waals surface area contributed by atoms with Gasteiger partial charge in [-0.3, -0.25) is 15.1 Å². The summed E-state index contributed by atoms with van der Waals surface area (Å²) in [5, 5.41) is 9.99. The Morgan fingerprint density at radius 2 is 2.38 bits per heavy atom. The van der Waals surface area contributed by atoms with Gasteiger partial charge >= 0.3 is 6.01 Å². The minimum atomic E-state index is -0.165. The third-order valence-electron chi connectivity index (χ3n) is 1.90. The molecule has 2 aromatic rings. The topological polar surface area (TPSA) is 80.9 Å². The maximum Gasteiger partial charge on any atom is 0.322 e. The van der Waals surface area contributed by atoms with E-state index in [2.05, 4.69) is 20.5 Å². The summed E-state index contributed by atoms with van der Waals surface area (Å²) in [6.45, 7) is 1.74. The number of rotatable bonds is 3. The number of carbonyl (C=O) groups is 1. The molecule has 2 rings (SSSR count). The molecule has 0 unspecified atom stereocenters. The smallest absolute Gasteiger partial charge is 0.322 e. The van der Waals surface area contributed by atoms with Gasteiger partial charge < -0.3 is 4.42 Å². The zero-order valence-electron chi connectivity index (χ0n) is 8.67. The number of carbonyl (C=O) groups excluding carboxylic acids is 1. The fourth-order valence-corrected chi connectivity index (χ4v) is 1.09. The van der Waals surface area contributed by atoms with Crippen molar-refractivity contribution >= 4 is 11.9 Å². The van der Waals surface area contributed by atoms with Crippen molar-refractivity contribution in [3.63, 3.8) is 0 Å². The number of amides is 1. The van der Waals surface area contributed by atoms with Crippen molar-refractivity contribution < 1.29 is 9.21 Å². The van der Waals surface area contributed by atoms with Crippen molar-refractivity contribution in [2.24, 2.45) is 0 Å². The monoisotopic (exact) mass is 218 g/mol. The quantitative estimate of drug-likeness (QED) is 0.843. The van der Waals surface area contributed by atoms with E-state index < -0.39 is 0 Å². The van der Waals surface area contributed by atoms with Crippen LogP contribution in [0.5, 0.6) is 0 Å². The number of hydrogen-bond acceptors (Lipinski definition) is 5. The van der Waals surface area contributed by atoms with Crippen molar-refractivity contribution in [1.82, 2.24) is 15.2 Å². The second-order valence-corrected chi connectivity index (χ2v) is 3.06. The first-order chi connectivity index (χ1) is 7.79. The fourth-order valence-electron chi connectivity index (χ4n) is 1.09. The van der Waals surface area contributed by atoms with E-state index in [4.69, 9.17) is 4.42 Å². The summed E-state index contributed by atoms with van der Waals surface area (Å²) >= 11 is 0. The summed E-state index contributed by atoms with van der Waals surface area (Å²) in [6.07, 6.45) is 3.63. The molecule has 0 aromatic carbocycles. The van der Waals surface area contributed by atoms with Gasteiger partial charge in [0, 0.05) is 18.8 Å². The summed E-state index contributed by atoms with van der Waals surface area (Å²) in [7, 11) is 0. The average molecular weight is 218 g/mol. The van der Waals surface area contributed by atoms with Crippen molar-refractivity contribution in [2.45, 2.75) is 13.3 Å². The minimum Gasteiger partial charge on any atom is -0.403 e. The highest BCUT2D eigenvalue weighted by molar-refractivity contribution is 5.88. The van der Waals surface area contributed by atoms with Crippen molar-refractivity contribution in [1.29, 1.82) is 0 Å². The largest absolute Gasteiger partial charge is 0.403 e. The molecule has 6 heteroatoms. The molecule has 0 atom stereocenters. The van der Waals surface area contributed by atoms with Gasteiger partial charge in [-0.1, -0.05) is 12.0 Å². The first-order valence-electron chi connectivity index (χ1n) is 4.83. The minimum absolute atomic E-state index is 0.103. The molecular formula is C10H10N4O2. The first-order valence-corrected chi connectivity index (χ1v) is 4.83. The number of nitrogens with one attached hydrogen (secondary N) is 1. The number of pyridine rings is 1. The molecule has 6 nitrogen and oxygen atoms in total. The van der Waals surface area contributed by atoms with Crippen LogP contribution in [0.15, 0.2) is 28.9 Å². The van der Waals surface area contributed by atoms with Crippen LogP contribution in [0.1, 0.15) is 13.3 Å². The molecule has 0 saturated heterocycles. The molecule has 0 fully saturated rings. The number of anilines is 1. The predicted octanol–water partition coefficient (Wildman–Crippen LogP) is 1.48. The van der Waals surface area contributed by atoms with Crippen LogP contribution in [0.4, 0.5) is 6.01 Å². The number of hydrogen-bond donors (Lipinski definition) is 1. The van der Waals surface area contributed by atoms with E-state index in [1.54, 1.807) is 31.5 Å². The zero-order chi connectivity index (χ0) is 11.4. The highest BCUT2D eigenvalue weighted by atomic mass is 16.4. The Hall–Kier alpha value is -2.24. The molecule has 0 aliphatic rings. The second-order valence-electron chi connectivity index (χ2n) is 3.06. The molecule has 1 amide bonds. The van der Waals surface area contributed by atoms with Gasteiger partial charge in [0.2, 0.25) is 5.91 Å². The highest BCUT2D eigenvalue weighted by Gasteiger charge is 2.09. The molecule has 16 heavy (non-hydrogen) atoms. The molecule has 0 aliphatic heterocycles. The lowest BCUT2D eigenvalue weighted by Crippen LogP contribution is -2.09. The lowest BCUT2D eigenvalue weighted by atomic mass is 10.3. The van der Waals surface area contributed by atoms with Crippen LogP contribution in [0, 0.1) is 0 Å². The van der Waals surface area contributed by atoms with E-state index in [1.807, 2.05) is 0 Å². The Balaban J connectivity index is 2.17. The van der Waals surface area contributed by atoms with Crippen molar-refractivity contribution in [3.8, 4) is 11.5 Å². The van der Waals surface area contributed by atoms with E-state index in [0.717, 1.165) is 0 Å². The average Bonchev–Trinajstić information content (AvgIpc) is 2.78. The molecule has 0 aliphatic carbocycles. The predicted molar refractivity (Wildman–Crippen MR) is 56.4 cm³/mol. The summed E-state index contributed by atoms with van der Waals surface area (Å²) in [5.41, 5.74) is 0.715. The lowest BCUT2D eigenvalue weighted by Gasteiger charge is -1.94. The van der Waals surface area contributed by atoms with E-state index in [9.17, 15) is 4.79 Å². The van der Waals surface area contributed by atoms with Gasteiger partial charge in [-0.15, -0.1) is 5.10 Å². The number of aromatic nitrogens is 3. The zero-order valence-corrected chi connectivity index (χ0v) is 8.67. The van der Waals surface area contributed by atoms with E-state index in [1.165, 1.54) is 0 Å². The summed E-state index contributed by atoms with van der Waals surface area (Å²) < 4.78 is 5.25. The molecule has 1 N–H and O–H groups in total. The Labute approximate surface area is 91.7 Å². The molecular weight excluding hydrogens is 208 g/mol. The van der Waals surface area contributed by atoms with Gasteiger partial charge in [0.1, 0.15) is 0 Å². The van der Waals surface area contributed by atoms with Crippen LogP contribution < -0.4 is 5.32 Å². The van der Waals surface area contributed by atoms with Crippen LogP contribution in [-0.2, 0) is 4.79 Å². The van der Waals surface area contributed by atoms with Crippen LogP contribution in [0.3, 0.4) is 0 Å². The second kappa shape index (κ2) is 4.52. The van der Waals surface area contributed by atoms with Gasteiger partial charge in [0.25, 0.3) is 5.89 Å². The van der Waals surface area contributed by atoms with E-state index >= 15 is 0 Å². The molecule has 0 radical (unpaired) electrons. The third-order valence-corrected chi connectivity index (χ3v) is 1.90. The molecule has 0 bridgehead atoms. The molecule has 0 saturated carbocycles. The Morgan fingerprint density at radius 1 is 1.50 bits per heavy atom. The fraction of sp³-hybridized carbons (Fsp3) is 0.200. The summed E-state index contributed by atoms with van der Waals surface area (Å²) in [6, 6.07) is 3.67. The van der Waals surface area contributed by atoms with E-state index in [-0.39, 0.29) is 11.9 Å². The maximum atomic E-state index is 11.1. The van der Waals surface area contributed by atoms with Crippen LogP contribution in [0.25, 0.3) is 11.5 Å². The van der Waals surface area contributed by atoms with Gasteiger partial charge in [-0.25, -0.2) is 0 Å².